The maximum absolute atomic E-state index is 11.4. The SMILES string of the molecule is C=CCOC(=O)N(C)c1nc(C(=O)O)cs1. The van der Waals surface area contributed by atoms with Gasteiger partial charge in [-0.15, -0.1) is 11.3 Å². The summed E-state index contributed by atoms with van der Waals surface area (Å²) in [6, 6.07) is 0. The van der Waals surface area contributed by atoms with Crippen LogP contribution in [0.4, 0.5) is 9.93 Å². The lowest BCUT2D eigenvalue weighted by Gasteiger charge is -2.12. The molecule has 1 N–H and O–H groups in total. The summed E-state index contributed by atoms with van der Waals surface area (Å²) >= 11 is 1.06. The lowest BCUT2D eigenvalue weighted by Crippen LogP contribution is -2.27. The molecular formula is C9H10N2O4S. The van der Waals surface area contributed by atoms with Crippen molar-refractivity contribution < 1.29 is 19.4 Å². The van der Waals surface area contributed by atoms with Gasteiger partial charge < -0.3 is 9.84 Å². The summed E-state index contributed by atoms with van der Waals surface area (Å²) in [7, 11) is 1.45. The third kappa shape index (κ3) is 2.80. The minimum absolute atomic E-state index is 0.0941. The van der Waals surface area contributed by atoms with Crippen molar-refractivity contribution in [2.75, 3.05) is 18.6 Å². The normalized spacial score (nSPS) is 9.56. The van der Waals surface area contributed by atoms with Gasteiger partial charge in [0.25, 0.3) is 0 Å². The van der Waals surface area contributed by atoms with Gasteiger partial charge in [0.05, 0.1) is 0 Å². The molecule has 0 unspecified atom stereocenters. The molecule has 1 aromatic rings. The zero-order valence-corrected chi connectivity index (χ0v) is 9.36. The summed E-state index contributed by atoms with van der Waals surface area (Å²) in [5.74, 6) is -1.13. The third-order valence-electron chi connectivity index (χ3n) is 1.60. The Labute approximate surface area is 95.8 Å². The highest BCUT2D eigenvalue weighted by Gasteiger charge is 2.17. The zero-order valence-electron chi connectivity index (χ0n) is 8.54. The molecule has 0 radical (unpaired) electrons. The first-order valence-corrected chi connectivity index (χ1v) is 5.14. The lowest BCUT2D eigenvalue weighted by molar-refractivity contribution is 0.0691. The van der Waals surface area contributed by atoms with Crippen LogP contribution in [0.25, 0.3) is 0 Å². The average Bonchev–Trinajstić information content (AvgIpc) is 2.74. The molecule has 0 aliphatic carbocycles. The van der Waals surface area contributed by atoms with Crippen molar-refractivity contribution >= 4 is 28.5 Å². The van der Waals surface area contributed by atoms with E-state index in [0.717, 1.165) is 16.2 Å². The number of anilines is 1. The molecule has 1 aromatic heterocycles. The first-order chi connectivity index (χ1) is 7.56. The molecule has 6 nitrogen and oxygen atoms in total. The topological polar surface area (TPSA) is 79.7 Å². The summed E-state index contributed by atoms with van der Waals surface area (Å²) in [4.78, 5) is 26.8. The molecule has 0 fully saturated rings. The molecule has 16 heavy (non-hydrogen) atoms. The number of thiazole rings is 1. The second kappa shape index (κ2) is 5.26. The number of carbonyl (C=O) groups excluding carboxylic acids is 1. The minimum atomic E-state index is -1.13. The summed E-state index contributed by atoms with van der Waals surface area (Å²) in [5, 5.41) is 10.3. The van der Waals surface area contributed by atoms with E-state index >= 15 is 0 Å². The van der Waals surface area contributed by atoms with Gasteiger partial charge in [0.2, 0.25) is 0 Å². The van der Waals surface area contributed by atoms with Gasteiger partial charge in [-0.1, -0.05) is 12.7 Å². The van der Waals surface area contributed by atoms with Crippen molar-refractivity contribution in [2.45, 2.75) is 0 Å². The molecule has 0 bridgehead atoms. The zero-order chi connectivity index (χ0) is 12.1. The Bertz CT molecular complexity index is 415. The molecule has 1 heterocycles. The van der Waals surface area contributed by atoms with Gasteiger partial charge in [-0.2, -0.15) is 0 Å². The van der Waals surface area contributed by atoms with Crippen LogP contribution in [-0.2, 0) is 4.74 Å². The molecule has 0 saturated carbocycles. The van der Waals surface area contributed by atoms with Crippen molar-refractivity contribution in [3.63, 3.8) is 0 Å². The molecule has 0 spiro atoms. The second-order valence-electron chi connectivity index (χ2n) is 2.75. The number of hydrogen-bond acceptors (Lipinski definition) is 5. The Morgan fingerprint density at radius 1 is 1.75 bits per heavy atom. The van der Waals surface area contributed by atoms with Gasteiger partial charge in [0.1, 0.15) is 6.61 Å². The number of carbonyl (C=O) groups is 2. The van der Waals surface area contributed by atoms with Crippen LogP contribution in [0.2, 0.25) is 0 Å². The number of aromatic nitrogens is 1. The van der Waals surface area contributed by atoms with Crippen molar-refractivity contribution in [3.8, 4) is 0 Å². The quantitative estimate of drug-likeness (QED) is 0.811. The first kappa shape index (κ1) is 12.2. The fraction of sp³-hybridized carbons (Fsp3) is 0.222. The highest BCUT2D eigenvalue weighted by molar-refractivity contribution is 7.14. The second-order valence-corrected chi connectivity index (χ2v) is 3.58. The summed E-state index contributed by atoms with van der Waals surface area (Å²) < 4.78 is 4.77. The molecule has 1 rings (SSSR count). The molecule has 0 atom stereocenters. The van der Waals surface area contributed by atoms with Gasteiger partial charge in [0, 0.05) is 12.4 Å². The van der Waals surface area contributed by atoms with Crippen LogP contribution in [-0.4, -0.2) is 35.8 Å². The Balaban J connectivity index is 2.71. The van der Waals surface area contributed by atoms with Crippen LogP contribution in [0.5, 0.6) is 0 Å². The first-order valence-electron chi connectivity index (χ1n) is 4.26. The van der Waals surface area contributed by atoms with Gasteiger partial charge in [-0.05, 0) is 0 Å². The van der Waals surface area contributed by atoms with E-state index in [1.54, 1.807) is 0 Å². The van der Waals surface area contributed by atoms with E-state index in [0.29, 0.717) is 0 Å². The van der Waals surface area contributed by atoms with Gasteiger partial charge >= 0.3 is 12.1 Å². The number of aromatic carboxylic acids is 1. The molecular weight excluding hydrogens is 232 g/mol. The van der Waals surface area contributed by atoms with Crippen molar-refractivity contribution in [1.29, 1.82) is 0 Å². The molecule has 0 aliphatic rings. The number of rotatable bonds is 4. The molecule has 0 aliphatic heterocycles. The van der Waals surface area contributed by atoms with Gasteiger partial charge in [-0.3, -0.25) is 4.90 Å². The highest BCUT2D eigenvalue weighted by Crippen LogP contribution is 2.19. The maximum atomic E-state index is 11.4. The summed E-state index contributed by atoms with van der Waals surface area (Å²) in [6.07, 6.45) is 0.835. The van der Waals surface area contributed by atoms with Crippen molar-refractivity contribution in [3.05, 3.63) is 23.7 Å². The number of amides is 1. The van der Waals surface area contributed by atoms with E-state index in [1.165, 1.54) is 18.5 Å². The number of carboxylic acid groups (broad SMARTS) is 1. The summed E-state index contributed by atoms with van der Waals surface area (Å²) in [5.41, 5.74) is -0.0941. The van der Waals surface area contributed by atoms with Crippen LogP contribution in [0.3, 0.4) is 0 Å². The minimum Gasteiger partial charge on any atom is -0.476 e. The monoisotopic (exact) mass is 242 g/mol. The molecule has 86 valence electrons. The largest absolute Gasteiger partial charge is 0.476 e. The Hall–Kier alpha value is -1.89. The predicted octanol–water partition coefficient (Wildman–Crippen LogP) is 1.60. The lowest BCUT2D eigenvalue weighted by atomic mass is 10.5. The number of carboxylic acids is 1. The summed E-state index contributed by atoms with van der Waals surface area (Å²) in [6.45, 7) is 3.50. The van der Waals surface area contributed by atoms with Crippen LogP contribution in [0.1, 0.15) is 10.5 Å². The van der Waals surface area contributed by atoms with Crippen molar-refractivity contribution in [2.24, 2.45) is 0 Å². The molecule has 0 saturated heterocycles. The Morgan fingerprint density at radius 3 is 2.94 bits per heavy atom. The fourth-order valence-electron chi connectivity index (χ4n) is 0.822. The van der Waals surface area contributed by atoms with E-state index in [9.17, 15) is 9.59 Å². The van der Waals surface area contributed by atoms with E-state index in [-0.39, 0.29) is 17.4 Å². The number of nitrogens with zero attached hydrogens (tertiary/aromatic N) is 2. The van der Waals surface area contributed by atoms with Crippen LogP contribution in [0, 0.1) is 0 Å². The van der Waals surface area contributed by atoms with E-state index < -0.39 is 12.1 Å². The van der Waals surface area contributed by atoms with Crippen LogP contribution < -0.4 is 4.90 Å². The Morgan fingerprint density at radius 2 is 2.44 bits per heavy atom. The predicted molar refractivity (Wildman–Crippen MR) is 59.0 cm³/mol. The van der Waals surface area contributed by atoms with E-state index in [2.05, 4.69) is 11.6 Å². The average molecular weight is 242 g/mol. The van der Waals surface area contributed by atoms with Crippen LogP contribution in [0.15, 0.2) is 18.0 Å². The van der Waals surface area contributed by atoms with E-state index in [4.69, 9.17) is 9.84 Å². The third-order valence-corrected chi connectivity index (χ3v) is 2.51. The van der Waals surface area contributed by atoms with Gasteiger partial charge in [-0.25, -0.2) is 14.6 Å². The molecule has 7 heteroatoms. The highest BCUT2D eigenvalue weighted by atomic mass is 32.1. The Kier molecular flexibility index (Phi) is 4.01. The van der Waals surface area contributed by atoms with Gasteiger partial charge in [0.15, 0.2) is 10.8 Å². The smallest absolute Gasteiger partial charge is 0.416 e. The van der Waals surface area contributed by atoms with Crippen molar-refractivity contribution in [1.82, 2.24) is 4.98 Å². The fourth-order valence-corrected chi connectivity index (χ4v) is 1.58. The molecule has 1 amide bonds. The van der Waals surface area contributed by atoms with E-state index in [1.807, 2.05) is 0 Å². The number of hydrogen-bond donors (Lipinski definition) is 1. The van der Waals surface area contributed by atoms with Crippen LogP contribution >= 0.6 is 11.3 Å². The maximum Gasteiger partial charge on any atom is 0.416 e. The number of ether oxygens (including phenoxy) is 1. The standard InChI is InChI=1S/C9H10N2O4S/c1-3-4-15-9(14)11(2)8-10-6(5-16-8)7(12)13/h3,5H,1,4H2,2H3,(H,12,13). The molecule has 0 aromatic carbocycles.